The predicted octanol–water partition coefficient (Wildman–Crippen LogP) is 2.07. The molecule has 7 nitrogen and oxygen atoms in total. The fraction of sp³-hybridized carbons (Fsp3) is 0.524. The molecule has 1 amide bonds. The molecular formula is C21H30N6O. The van der Waals surface area contributed by atoms with Crippen LogP contribution in [0, 0.1) is 13.8 Å². The highest BCUT2D eigenvalue weighted by atomic mass is 16.2. The quantitative estimate of drug-likeness (QED) is 0.705. The van der Waals surface area contributed by atoms with Gasteiger partial charge in [-0.3, -0.25) is 14.7 Å². The van der Waals surface area contributed by atoms with Crippen molar-refractivity contribution in [3.63, 3.8) is 0 Å². The monoisotopic (exact) mass is 382 g/mol. The first-order valence-electron chi connectivity index (χ1n) is 10.1. The van der Waals surface area contributed by atoms with Crippen LogP contribution in [0.1, 0.15) is 29.9 Å². The number of piperazine rings is 1. The molecular weight excluding hydrogens is 352 g/mol. The van der Waals surface area contributed by atoms with Crippen molar-refractivity contribution in [2.24, 2.45) is 0 Å². The Morgan fingerprint density at radius 3 is 2.54 bits per heavy atom. The number of pyridine rings is 1. The standard InChI is InChI=1S/C21H30N6O/c1-17-16-18(2)25-21(24-17)23-10-5-7-20(28)27-14-12-26(13-15-27)11-8-19-6-3-4-9-22-19/h3-4,6,9,16H,5,7-8,10-15H2,1-2H3,(H,23,24,25). The second-order valence-electron chi connectivity index (χ2n) is 7.30. The Balaban J connectivity index is 1.31. The van der Waals surface area contributed by atoms with E-state index in [0.29, 0.717) is 18.9 Å². The third kappa shape index (κ3) is 6.27. The van der Waals surface area contributed by atoms with Gasteiger partial charge in [0.25, 0.3) is 0 Å². The van der Waals surface area contributed by atoms with E-state index in [2.05, 4.69) is 31.2 Å². The van der Waals surface area contributed by atoms with Crippen LogP contribution in [0.2, 0.25) is 0 Å². The van der Waals surface area contributed by atoms with Crippen LogP contribution in [-0.4, -0.2) is 69.9 Å². The molecule has 0 saturated carbocycles. The van der Waals surface area contributed by atoms with Crippen molar-refractivity contribution in [3.8, 4) is 0 Å². The molecule has 150 valence electrons. The molecule has 1 N–H and O–H groups in total. The fourth-order valence-corrected chi connectivity index (χ4v) is 3.44. The van der Waals surface area contributed by atoms with E-state index in [0.717, 1.165) is 62.6 Å². The largest absolute Gasteiger partial charge is 0.354 e. The van der Waals surface area contributed by atoms with Gasteiger partial charge in [0.2, 0.25) is 11.9 Å². The van der Waals surface area contributed by atoms with Crippen LogP contribution in [0.15, 0.2) is 30.5 Å². The minimum absolute atomic E-state index is 0.243. The maximum atomic E-state index is 12.4. The summed E-state index contributed by atoms with van der Waals surface area (Å²) in [6.07, 6.45) is 4.15. The lowest BCUT2D eigenvalue weighted by Gasteiger charge is -2.34. The molecule has 0 radical (unpaired) electrons. The number of rotatable bonds is 8. The van der Waals surface area contributed by atoms with Crippen LogP contribution < -0.4 is 5.32 Å². The lowest BCUT2D eigenvalue weighted by Crippen LogP contribution is -2.49. The molecule has 1 aliphatic heterocycles. The summed E-state index contributed by atoms with van der Waals surface area (Å²) in [4.78, 5) is 29.9. The first kappa shape index (κ1) is 20.2. The Morgan fingerprint density at radius 2 is 1.86 bits per heavy atom. The van der Waals surface area contributed by atoms with Gasteiger partial charge >= 0.3 is 0 Å². The van der Waals surface area contributed by atoms with Crippen LogP contribution >= 0.6 is 0 Å². The molecule has 0 bridgehead atoms. The van der Waals surface area contributed by atoms with Gasteiger partial charge in [0.15, 0.2) is 0 Å². The zero-order valence-corrected chi connectivity index (χ0v) is 16.9. The van der Waals surface area contributed by atoms with Crippen molar-refractivity contribution in [3.05, 3.63) is 47.5 Å². The predicted molar refractivity (Wildman–Crippen MR) is 110 cm³/mol. The third-order valence-electron chi connectivity index (χ3n) is 4.97. The van der Waals surface area contributed by atoms with Gasteiger partial charge in [0.1, 0.15) is 0 Å². The minimum Gasteiger partial charge on any atom is -0.354 e. The Hall–Kier alpha value is -2.54. The number of anilines is 1. The van der Waals surface area contributed by atoms with Crippen molar-refractivity contribution in [2.75, 3.05) is 44.6 Å². The van der Waals surface area contributed by atoms with E-state index in [1.165, 1.54) is 0 Å². The minimum atomic E-state index is 0.243. The molecule has 1 saturated heterocycles. The average molecular weight is 383 g/mol. The molecule has 0 aliphatic carbocycles. The van der Waals surface area contributed by atoms with Gasteiger partial charge in [-0.1, -0.05) is 6.07 Å². The van der Waals surface area contributed by atoms with Crippen molar-refractivity contribution in [2.45, 2.75) is 33.1 Å². The molecule has 1 fully saturated rings. The molecule has 28 heavy (non-hydrogen) atoms. The van der Waals surface area contributed by atoms with Gasteiger partial charge in [-0.15, -0.1) is 0 Å². The van der Waals surface area contributed by atoms with Gasteiger partial charge < -0.3 is 10.2 Å². The number of aromatic nitrogens is 3. The number of aryl methyl sites for hydroxylation is 2. The summed E-state index contributed by atoms with van der Waals surface area (Å²) in [6.45, 7) is 9.13. The molecule has 0 spiro atoms. The van der Waals surface area contributed by atoms with Gasteiger partial charge in [-0.05, 0) is 38.5 Å². The highest BCUT2D eigenvalue weighted by Gasteiger charge is 2.20. The summed E-state index contributed by atoms with van der Waals surface area (Å²) in [7, 11) is 0. The second kappa shape index (κ2) is 10.1. The van der Waals surface area contributed by atoms with E-state index in [1.807, 2.05) is 43.1 Å². The number of nitrogens with one attached hydrogen (secondary N) is 1. The van der Waals surface area contributed by atoms with Gasteiger partial charge in [0.05, 0.1) is 0 Å². The van der Waals surface area contributed by atoms with Crippen LogP contribution in [0.25, 0.3) is 0 Å². The first-order valence-corrected chi connectivity index (χ1v) is 10.1. The number of carbonyl (C=O) groups excluding carboxylic acids is 1. The zero-order valence-electron chi connectivity index (χ0n) is 16.9. The average Bonchev–Trinajstić information content (AvgIpc) is 2.70. The van der Waals surface area contributed by atoms with Crippen molar-refractivity contribution >= 4 is 11.9 Å². The SMILES string of the molecule is Cc1cc(C)nc(NCCCC(=O)N2CCN(CCc3ccccn3)CC2)n1. The van der Waals surface area contributed by atoms with Crippen LogP contribution in [0.4, 0.5) is 5.95 Å². The summed E-state index contributed by atoms with van der Waals surface area (Å²) in [5.74, 6) is 0.888. The molecule has 2 aromatic heterocycles. The highest BCUT2D eigenvalue weighted by Crippen LogP contribution is 2.08. The Bertz CT molecular complexity index is 738. The smallest absolute Gasteiger partial charge is 0.223 e. The molecule has 3 heterocycles. The van der Waals surface area contributed by atoms with Crippen LogP contribution in [-0.2, 0) is 11.2 Å². The lowest BCUT2D eigenvalue weighted by molar-refractivity contribution is -0.133. The van der Waals surface area contributed by atoms with E-state index in [1.54, 1.807) is 0 Å². The van der Waals surface area contributed by atoms with E-state index >= 15 is 0 Å². The summed E-state index contributed by atoms with van der Waals surface area (Å²) < 4.78 is 0. The number of hydrogen-bond donors (Lipinski definition) is 1. The molecule has 0 unspecified atom stereocenters. The number of carbonyl (C=O) groups is 1. The Morgan fingerprint density at radius 1 is 1.11 bits per heavy atom. The summed E-state index contributed by atoms with van der Waals surface area (Å²) in [5.41, 5.74) is 3.03. The maximum Gasteiger partial charge on any atom is 0.223 e. The molecule has 1 aliphatic rings. The highest BCUT2D eigenvalue weighted by molar-refractivity contribution is 5.76. The molecule has 0 atom stereocenters. The van der Waals surface area contributed by atoms with Crippen molar-refractivity contribution < 1.29 is 4.79 Å². The van der Waals surface area contributed by atoms with Crippen LogP contribution in [0.5, 0.6) is 0 Å². The molecule has 2 aromatic rings. The Labute approximate surface area is 167 Å². The fourth-order valence-electron chi connectivity index (χ4n) is 3.44. The first-order chi connectivity index (χ1) is 13.6. The van der Waals surface area contributed by atoms with E-state index in [-0.39, 0.29) is 5.91 Å². The topological polar surface area (TPSA) is 74.2 Å². The number of nitrogens with zero attached hydrogens (tertiary/aromatic N) is 5. The van der Waals surface area contributed by atoms with Crippen molar-refractivity contribution in [1.82, 2.24) is 24.8 Å². The number of hydrogen-bond acceptors (Lipinski definition) is 6. The Kier molecular flexibility index (Phi) is 7.31. The molecule has 3 rings (SSSR count). The summed E-state index contributed by atoms with van der Waals surface area (Å²) in [6, 6.07) is 7.99. The van der Waals surface area contributed by atoms with E-state index in [4.69, 9.17) is 0 Å². The van der Waals surface area contributed by atoms with E-state index in [9.17, 15) is 4.79 Å². The number of amides is 1. The van der Waals surface area contributed by atoms with Gasteiger partial charge in [0, 0.05) is 75.4 Å². The van der Waals surface area contributed by atoms with Crippen LogP contribution in [0.3, 0.4) is 0 Å². The summed E-state index contributed by atoms with van der Waals surface area (Å²) in [5, 5.41) is 3.22. The normalized spacial score (nSPS) is 14.9. The van der Waals surface area contributed by atoms with Crippen molar-refractivity contribution in [1.29, 1.82) is 0 Å². The maximum absolute atomic E-state index is 12.4. The zero-order chi connectivity index (χ0) is 19.8. The second-order valence-corrected chi connectivity index (χ2v) is 7.30. The summed E-state index contributed by atoms with van der Waals surface area (Å²) >= 11 is 0. The van der Waals surface area contributed by atoms with Gasteiger partial charge in [-0.2, -0.15) is 0 Å². The molecule has 7 heteroatoms. The lowest BCUT2D eigenvalue weighted by atomic mass is 10.2. The third-order valence-corrected chi connectivity index (χ3v) is 4.97. The van der Waals surface area contributed by atoms with Gasteiger partial charge in [-0.25, -0.2) is 9.97 Å². The molecule has 0 aromatic carbocycles. The van der Waals surface area contributed by atoms with E-state index < -0.39 is 0 Å².